The van der Waals surface area contributed by atoms with E-state index in [1.807, 2.05) is 24.3 Å². The van der Waals surface area contributed by atoms with E-state index in [-0.39, 0.29) is 30.4 Å². The summed E-state index contributed by atoms with van der Waals surface area (Å²) in [4.78, 5) is 23.0. The third-order valence-electron chi connectivity index (χ3n) is 3.83. The highest BCUT2D eigenvalue weighted by Gasteiger charge is 2.29. The highest BCUT2D eigenvalue weighted by Crippen LogP contribution is 2.34. The van der Waals surface area contributed by atoms with Crippen LogP contribution in [-0.2, 0) is 9.59 Å². The molecule has 21 heavy (non-hydrogen) atoms. The quantitative estimate of drug-likeness (QED) is 0.916. The van der Waals surface area contributed by atoms with Crippen molar-refractivity contribution in [3.05, 3.63) is 29.8 Å². The maximum Gasteiger partial charge on any atom is 0.352 e. The lowest BCUT2D eigenvalue weighted by Crippen LogP contribution is -2.37. The van der Waals surface area contributed by atoms with Crippen LogP contribution in [0.3, 0.4) is 0 Å². The number of para-hydroxylation sites is 1. The van der Waals surface area contributed by atoms with Gasteiger partial charge in [0.2, 0.25) is 5.91 Å². The van der Waals surface area contributed by atoms with Crippen LogP contribution in [0.2, 0.25) is 0 Å². The molecule has 3 rings (SSSR count). The molecule has 0 aliphatic carbocycles. The lowest BCUT2D eigenvalue weighted by Gasteiger charge is -2.30. The maximum atomic E-state index is 11.9. The topological polar surface area (TPSA) is 79.2 Å². The molecule has 0 spiro atoms. The van der Waals surface area contributed by atoms with Crippen molar-refractivity contribution in [1.82, 2.24) is 5.01 Å². The molecule has 2 heterocycles. The number of hydrogen-bond acceptors (Lipinski definition) is 4. The minimum Gasteiger partial charge on any atom is -0.493 e. The summed E-state index contributed by atoms with van der Waals surface area (Å²) in [7, 11) is 0. The van der Waals surface area contributed by atoms with Crippen LogP contribution in [0.5, 0.6) is 5.75 Å². The highest BCUT2D eigenvalue weighted by molar-refractivity contribution is 6.36. The Morgan fingerprint density at radius 1 is 1.38 bits per heavy atom. The van der Waals surface area contributed by atoms with Crippen LogP contribution in [0.1, 0.15) is 30.7 Å². The molecule has 6 heteroatoms. The fourth-order valence-corrected chi connectivity index (χ4v) is 2.71. The van der Waals surface area contributed by atoms with Crippen LogP contribution >= 0.6 is 0 Å². The first kappa shape index (κ1) is 13.6. The first-order chi connectivity index (χ1) is 10.1. The van der Waals surface area contributed by atoms with E-state index in [0.29, 0.717) is 13.2 Å². The molecule has 1 atom stereocenters. The molecule has 110 valence electrons. The van der Waals surface area contributed by atoms with Crippen molar-refractivity contribution in [2.45, 2.75) is 25.2 Å². The smallest absolute Gasteiger partial charge is 0.352 e. The summed E-state index contributed by atoms with van der Waals surface area (Å²) in [5.41, 5.74) is 1.10. The number of nitrogens with zero attached hydrogens (tertiary/aromatic N) is 2. The van der Waals surface area contributed by atoms with E-state index in [2.05, 4.69) is 5.10 Å². The first-order valence-corrected chi connectivity index (χ1v) is 6.98. The van der Waals surface area contributed by atoms with Crippen LogP contribution in [0, 0.1) is 0 Å². The van der Waals surface area contributed by atoms with Crippen LogP contribution in [0.4, 0.5) is 0 Å². The molecule has 0 radical (unpaired) electrons. The molecular formula is C15H16N2O4. The van der Waals surface area contributed by atoms with Gasteiger partial charge in [0.1, 0.15) is 11.5 Å². The number of carbonyl (C=O) groups excluding carboxylic acids is 1. The van der Waals surface area contributed by atoms with E-state index >= 15 is 0 Å². The van der Waals surface area contributed by atoms with Gasteiger partial charge in [0.05, 0.1) is 13.2 Å². The molecule has 0 fully saturated rings. The van der Waals surface area contributed by atoms with Gasteiger partial charge in [0, 0.05) is 18.8 Å². The van der Waals surface area contributed by atoms with Crippen LogP contribution < -0.4 is 4.74 Å². The molecule has 1 aromatic rings. The van der Waals surface area contributed by atoms with Crippen molar-refractivity contribution in [3.63, 3.8) is 0 Å². The Kier molecular flexibility index (Phi) is 3.60. The molecule has 1 amide bonds. The Balaban J connectivity index is 1.82. The number of carboxylic acid groups (broad SMARTS) is 1. The third-order valence-corrected chi connectivity index (χ3v) is 3.83. The van der Waals surface area contributed by atoms with Gasteiger partial charge in [-0.3, -0.25) is 4.79 Å². The van der Waals surface area contributed by atoms with Crippen molar-refractivity contribution < 1.29 is 19.4 Å². The van der Waals surface area contributed by atoms with Gasteiger partial charge in [-0.2, -0.15) is 5.10 Å². The van der Waals surface area contributed by atoms with Gasteiger partial charge < -0.3 is 9.84 Å². The van der Waals surface area contributed by atoms with Crippen LogP contribution in [0.25, 0.3) is 0 Å². The van der Waals surface area contributed by atoms with Crippen molar-refractivity contribution in [2.75, 3.05) is 13.2 Å². The number of hydrogen-bond donors (Lipinski definition) is 1. The second-order valence-corrected chi connectivity index (χ2v) is 5.20. The fraction of sp³-hybridized carbons (Fsp3) is 0.400. The lowest BCUT2D eigenvalue weighted by atomic mass is 9.92. The predicted molar refractivity (Wildman–Crippen MR) is 75.3 cm³/mol. The van der Waals surface area contributed by atoms with Gasteiger partial charge in [-0.25, -0.2) is 9.80 Å². The first-order valence-electron chi connectivity index (χ1n) is 6.98. The molecule has 1 unspecified atom stereocenters. The number of benzene rings is 1. The van der Waals surface area contributed by atoms with Crippen molar-refractivity contribution >= 4 is 17.6 Å². The second-order valence-electron chi connectivity index (χ2n) is 5.20. The Hall–Kier alpha value is -2.37. The average Bonchev–Trinajstić information content (AvgIpc) is 2.49. The average molecular weight is 288 g/mol. The molecule has 1 aromatic carbocycles. The summed E-state index contributed by atoms with van der Waals surface area (Å²) >= 11 is 0. The zero-order valence-corrected chi connectivity index (χ0v) is 11.5. The monoisotopic (exact) mass is 288 g/mol. The molecule has 0 bridgehead atoms. The normalized spacial score (nSPS) is 21.3. The second kappa shape index (κ2) is 5.55. The van der Waals surface area contributed by atoms with Gasteiger partial charge in [0.15, 0.2) is 0 Å². The molecule has 1 N–H and O–H groups in total. The molecule has 0 aromatic heterocycles. The number of amides is 1. The minimum atomic E-state index is -1.06. The number of rotatable bonds is 3. The number of aliphatic carboxylic acids is 1. The van der Waals surface area contributed by atoms with Gasteiger partial charge in [0.25, 0.3) is 0 Å². The van der Waals surface area contributed by atoms with E-state index in [1.54, 1.807) is 0 Å². The van der Waals surface area contributed by atoms with E-state index in [4.69, 9.17) is 9.84 Å². The summed E-state index contributed by atoms with van der Waals surface area (Å²) < 4.78 is 5.60. The fourth-order valence-electron chi connectivity index (χ4n) is 2.71. The number of carboxylic acids is 1. The van der Waals surface area contributed by atoms with Crippen molar-refractivity contribution in [2.24, 2.45) is 5.10 Å². The van der Waals surface area contributed by atoms with E-state index < -0.39 is 5.97 Å². The Bertz CT molecular complexity index is 611. The van der Waals surface area contributed by atoms with E-state index in [9.17, 15) is 9.59 Å². The zero-order valence-electron chi connectivity index (χ0n) is 11.5. The standard InChI is InChI=1S/C15H16N2O4/c18-14-6-5-12(15(19)20)16-17(14)9-10-7-8-21-13-4-2-1-3-11(10)13/h1-4,10H,5-9H2,(H,19,20). The molecule has 2 aliphatic rings. The van der Waals surface area contributed by atoms with Crippen molar-refractivity contribution in [1.29, 1.82) is 0 Å². The summed E-state index contributed by atoms with van der Waals surface area (Å²) in [6, 6.07) is 7.74. The third kappa shape index (κ3) is 2.74. The summed E-state index contributed by atoms with van der Waals surface area (Å²) in [5.74, 6) is -0.222. The largest absolute Gasteiger partial charge is 0.493 e. The molecule has 0 saturated heterocycles. The summed E-state index contributed by atoms with van der Waals surface area (Å²) in [5, 5.41) is 14.3. The number of carbonyl (C=O) groups is 2. The SMILES string of the molecule is O=C(O)C1=NN(CC2CCOc3ccccc32)C(=O)CC1. The van der Waals surface area contributed by atoms with E-state index in [1.165, 1.54) is 5.01 Å². The lowest BCUT2D eigenvalue weighted by molar-refractivity contribution is -0.133. The van der Waals surface area contributed by atoms with Gasteiger partial charge in [-0.15, -0.1) is 0 Å². The van der Waals surface area contributed by atoms with Gasteiger partial charge >= 0.3 is 5.97 Å². The van der Waals surface area contributed by atoms with Gasteiger partial charge in [-0.05, 0) is 18.1 Å². The molecule has 6 nitrogen and oxygen atoms in total. The molecule has 0 saturated carbocycles. The Morgan fingerprint density at radius 3 is 3.00 bits per heavy atom. The summed E-state index contributed by atoms with van der Waals surface area (Å²) in [6.07, 6.45) is 1.20. The van der Waals surface area contributed by atoms with Crippen molar-refractivity contribution in [3.8, 4) is 5.75 Å². The Morgan fingerprint density at radius 2 is 2.19 bits per heavy atom. The highest BCUT2D eigenvalue weighted by atomic mass is 16.5. The Labute approximate surface area is 122 Å². The van der Waals surface area contributed by atoms with E-state index in [0.717, 1.165) is 17.7 Å². The predicted octanol–water partition coefficient (Wildman–Crippen LogP) is 1.62. The van der Waals surface area contributed by atoms with Crippen LogP contribution in [0.15, 0.2) is 29.4 Å². The number of ether oxygens (including phenoxy) is 1. The summed E-state index contributed by atoms with van der Waals surface area (Å²) in [6.45, 7) is 0.995. The zero-order chi connectivity index (χ0) is 14.8. The maximum absolute atomic E-state index is 11.9. The molecule has 2 aliphatic heterocycles. The van der Waals surface area contributed by atoms with Crippen LogP contribution in [-0.4, -0.2) is 40.9 Å². The number of fused-ring (bicyclic) bond motifs is 1. The molecular weight excluding hydrogens is 272 g/mol. The minimum absolute atomic E-state index is 0.0509. The number of hydrazone groups is 1. The van der Waals surface area contributed by atoms with Gasteiger partial charge in [-0.1, -0.05) is 18.2 Å².